The Balaban J connectivity index is 1.94. The average Bonchev–Trinajstić information content (AvgIpc) is 2.25. The molecule has 0 aliphatic carbocycles. The Morgan fingerprint density at radius 3 is 2.93 bits per heavy atom. The van der Waals surface area contributed by atoms with Crippen LogP contribution >= 0.6 is 0 Å². The summed E-state index contributed by atoms with van der Waals surface area (Å²) in [5.41, 5.74) is 0. The van der Waals surface area contributed by atoms with Gasteiger partial charge in [-0.05, 0) is 12.8 Å². The van der Waals surface area contributed by atoms with Crippen LogP contribution in [0, 0.1) is 0 Å². The van der Waals surface area contributed by atoms with Crippen molar-refractivity contribution in [3.8, 4) is 0 Å². The van der Waals surface area contributed by atoms with E-state index in [1.165, 1.54) is 7.11 Å². The molecule has 4 heteroatoms. The number of piperazine rings is 1. The van der Waals surface area contributed by atoms with Crippen LogP contribution in [0.15, 0.2) is 0 Å². The summed E-state index contributed by atoms with van der Waals surface area (Å²) in [7, 11) is 1.44. The molecule has 1 saturated heterocycles. The van der Waals surface area contributed by atoms with E-state index in [1.807, 2.05) is 0 Å². The number of ether oxygens (including phenoxy) is 1. The maximum Gasteiger partial charge on any atom is 0.305 e. The first-order chi connectivity index (χ1) is 6.83. The van der Waals surface area contributed by atoms with Crippen molar-refractivity contribution in [2.75, 3.05) is 26.7 Å². The minimum absolute atomic E-state index is 0.0975. The smallest absolute Gasteiger partial charge is 0.305 e. The van der Waals surface area contributed by atoms with Gasteiger partial charge in [0.05, 0.1) is 7.11 Å². The Labute approximate surface area is 85.4 Å². The second kappa shape index (κ2) is 6.79. The van der Waals surface area contributed by atoms with Gasteiger partial charge in [0.2, 0.25) is 0 Å². The van der Waals surface area contributed by atoms with Crippen molar-refractivity contribution in [1.29, 1.82) is 0 Å². The van der Waals surface area contributed by atoms with E-state index in [-0.39, 0.29) is 5.97 Å². The minimum atomic E-state index is -0.0975. The first-order valence-electron chi connectivity index (χ1n) is 5.34. The van der Waals surface area contributed by atoms with Gasteiger partial charge in [0.15, 0.2) is 0 Å². The Bertz CT molecular complexity index is 168. The topological polar surface area (TPSA) is 50.4 Å². The molecule has 0 spiro atoms. The fourth-order valence-corrected chi connectivity index (χ4v) is 1.68. The number of unbranched alkanes of at least 4 members (excludes halogenated alkanes) is 1. The van der Waals surface area contributed by atoms with Crippen molar-refractivity contribution in [3.05, 3.63) is 0 Å². The number of hydrogen-bond acceptors (Lipinski definition) is 4. The highest BCUT2D eigenvalue weighted by molar-refractivity contribution is 5.68. The van der Waals surface area contributed by atoms with Gasteiger partial charge < -0.3 is 15.4 Å². The average molecular weight is 200 g/mol. The quantitative estimate of drug-likeness (QED) is 0.494. The Hall–Kier alpha value is -0.610. The standard InChI is InChI=1S/C10H20N2O2/c1-14-10(13)5-3-2-4-9-8-11-6-7-12-9/h9,11-12H,2-8H2,1H3. The number of carbonyl (C=O) groups is 1. The van der Waals surface area contributed by atoms with Gasteiger partial charge in [-0.3, -0.25) is 4.79 Å². The normalized spacial score (nSPS) is 21.9. The zero-order chi connectivity index (χ0) is 10.2. The van der Waals surface area contributed by atoms with Crippen molar-refractivity contribution in [3.63, 3.8) is 0 Å². The molecule has 2 N–H and O–H groups in total. The van der Waals surface area contributed by atoms with Gasteiger partial charge >= 0.3 is 5.97 Å². The maximum atomic E-state index is 10.8. The van der Waals surface area contributed by atoms with Crippen LogP contribution in [0.2, 0.25) is 0 Å². The number of nitrogens with one attached hydrogen (secondary N) is 2. The third-order valence-electron chi connectivity index (χ3n) is 2.54. The van der Waals surface area contributed by atoms with Gasteiger partial charge in [-0.2, -0.15) is 0 Å². The van der Waals surface area contributed by atoms with Gasteiger partial charge in [0.25, 0.3) is 0 Å². The molecular formula is C10H20N2O2. The van der Waals surface area contributed by atoms with Gasteiger partial charge in [-0.15, -0.1) is 0 Å². The zero-order valence-electron chi connectivity index (χ0n) is 8.84. The highest BCUT2D eigenvalue weighted by Crippen LogP contribution is 2.05. The second-order valence-corrected chi connectivity index (χ2v) is 3.68. The number of methoxy groups -OCH3 is 1. The lowest BCUT2D eigenvalue weighted by Crippen LogP contribution is -2.48. The summed E-state index contributed by atoms with van der Waals surface area (Å²) in [4.78, 5) is 10.8. The molecule has 0 amide bonds. The molecule has 0 bridgehead atoms. The van der Waals surface area contributed by atoms with Crippen molar-refractivity contribution in [2.45, 2.75) is 31.7 Å². The molecule has 1 aliphatic rings. The summed E-state index contributed by atoms with van der Waals surface area (Å²) in [6.07, 6.45) is 3.72. The molecule has 1 rings (SSSR count). The number of rotatable bonds is 5. The van der Waals surface area contributed by atoms with Crippen LogP contribution in [0.5, 0.6) is 0 Å². The fraction of sp³-hybridized carbons (Fsp3) is 0.900. The monoisotopic (exact) mass is 200 g/mol. The molecule has 0 aromatic rings. The first-order valence-corrected chi connectivity index (χ1v) is 5.34. The molecule has 0 aromatic carbocycles. The molecule has 14 heavy (non-hydrogen) atoms. The highest BCUT2D eigenvalue weighted by atomic mass is 16.5. The number of hydrogen-bond donors (Lipinski definition) is 2. The predicted molar refractivity (Wildman–Crippen MR) is 55.1 cm³/mol. The highest BCUT2D eigenvalue weighted by Gasteiger charge is 2.11. The lowest BCUT2D eigenvalue weighted by atomic mass is 10.1. The molecular weight excluding hydrogens is 180 g/mol. The van der Waals surface area contributed by atoms with Crippen molar-refractivity contribution in [2.24, 2.45) is 0 Å². The lowest BCUT2D eigenvalue weighted by molar-refractivity contribution is -0.140. The molecule has 0 saturated carbocycles. The summed E-state index contributed by atoms with van der Waals surface area (Å²) < 4.78 is 4.58. The molecule has 0 aromatic heterocycles. The Morgan fingerprint density at radius 1 is 1.43 bits per heavy atom. The molecule has 1 heterocycles. The van der Waals surface area contributed by atoms with Gasteiger partial charge in [-0.1, -0.05) is 6.42 Å². The third kappa shape index (κ3) is 4.58. The molecule has 1 aliphatic heterocycles. The van der Waals surface area contributed by atoms with E-state index in [2.05, 4.69) is 15.4 Å². The van der Waals surface area contributed by atoms with E-state index in [4.69, 9.17) is 0 Å². The number of carbonyl (C=O) groups excluding carboxylic acids is 1. The van der Waals surface area contributed by atoms with Crippen LogP contribution in [0.25, 0.3) is 0 Å². The van der Waals surface area contributed by atoms with E-state index < -0.39 is 0 Å². The maximum absolute atomic E-state index is 10.8. The van der Waals surface area contributed by atoms with Crippen LogP contribution in [0.4, 0.5) is 0 Å². The molecule has 1 fully saturated rings. The van der Waals surface area contributed by atoms with E-state index >= 15 is 0 Å². The second-order valence-electron chi connectivity index (χ2n) is 3.68. The molecule has 1 unspecified atom stereocenters. The van der Waals surface area contributed by atoms with E-state index in [0.29, 0.717) is 12.5 Å². The largest absolute Gasteiger partial charge is 0.469 e. The number of esters is 1. The predicted octanol–water partition coefficient (Wildman–Crippen LogP) is 0.281. The van der Waals surface area contributed by atoms with Gasteiger partial charge in [-0.25, -0.2) is 0 Å². The molecule has 1 atom stereocenters. The minimum Gasteiger partial charge on any atom is -0.469 e. The SMILES string of the molecule is COC(=O)CCCCC1CNCCN1. The Kier molecular flexibility index (Phi) is 5.56. The molecule has 4 nitrogen and oxygen atoms in total. The van der Waals surface area contributed by atoms with E-state index in [0.717, 1.165) is 38.9 Å². The third-order valence-corrected chi connectivity index (χ3v) is 2.54. The zero-order valence-corrected chi connectivity index (χ0v) is 8.84. The van der Waals surface area contributed by atoms with Crippen LogP contribution in [0.1, 0.15) is 25.7 Å². The van der Waals surface area contributed by atoms with E-state index in [1.54, 1.807) is 0 Å². The molecule has 0 radical (unpaired) electrons. The lowest BCUT2D eigenvalue weighted by Gasteiger charge is -2.24. The van der Waals surface area contributed by atoms with Crippen LogP contribution in [-0.2, 0) is 9.53 Å². The summed E-state index contributed by atoms with van der Waals surface area (Å²) in [6.45, 7) is 3.18. The van der Waals surface area contributed by atoms with Crippen LogP contribution in [0.3, 0.4) is 0 Å². The van der Waals surface area contributed by atoms with Crippen LogP contribution in [-0.4, -0.2) is 38.8 Å². The van der Waals surface area contributed by atoms with Gasteiger partial charge in [0, 0.05) is 32.1 Å². The summed E-state index contributed by atoms with van der Waals surface area (Å²) >= 11 is 0. The summed E-state index contributed by atoms with van der Waals surface area (Å²) in [5, 5.41) is 6.78. The van der Waals surface area contributed by atoms with Gasteiger partial charge in [0.1, 0.15) is 0 Å². The fourth-order valence-electron chi connectivity index (χ4n) is 1.68. The van der Waals surface area contributed by atoms with Crippen molar-refractivity contribution < 1.29 is 9.53 Å². The first kappa shape index (κ1) is 11.5. The van der Waals surface area contributed by atoms with Crippen molar-refractivity contribution in [1.82, 2.24) is 10.6 Å². The molecule has 82 valence electrons. The van der Waals surface area contributed by atoms with Crippen LogP contribution < -0.4 is 10.6 Å². The van der Waals surface area contributed by atoms with Crippen molar-refractivity contribution >= 4 is 5.97 Å². The summed E-state index contributed by atoms with van der Waals surface area (Å²) in [6, 6.07) is 0.585. The summed E-state index contributed by atoms with van der Waals surface area (Å²) in [5.74, 6) is -0.0975. The Morgan fingerprint density at radius 2 is 2.29 bits per heavy atom. The van der Waals surface area contributed by atoms with E-state index in [9.17, 15) is 4.79 Å².